The van der Waals surface area contributed by atoms with E-state index >= 15 is 0 Å². The van der Waals surface area contributed by atoms with Crippen molar-refractivity contribution in [2.45, 2.75) is 129 Å². The summed E-state index contributed by atoms with van der Waals surface area (Å²) in [4.78, 5) is 92.9. The number of rotatable bonds is 67. The third-order valence-corrected chi connectivity index (χ3v) is 12.3. The number of hydrogen-bond acceptors (Lipinski definition) is 23. The number of amides is 3. The van der Waals surface area contributed by atoms with Gasteiger partial charge in [-0.1, -0.05) is 5.11 Å². The van der Waals surface area contributed by atoms with E-state index in [2.05, 4.69) is 41.5 Å². The predicted octanol–water partition coefficient (Wildman–Crippen LogP) is 5.15. The minimum Gasteiger partial charge on any atom is -0.481 e. The monoisotopic (exact) mass is 1270 g/mol. The molecule has 0 fully saturated rings. The van der Waals surface area contributed by atoms with Crippen molar-refractivity contribution in [3.05, 3.63) is 34.3 Å². The van der Waals surface area contributed by atoms with Crippen molar-refractivity contribution in [3.63, 3.8) is 0 Å². The Bertz CT molecular complexity index is 2070. The normalized spacial score (nSPS) is 11.4. The predicted molar refractivity (Wildman–Crippen MR) is 329 cm³/mol. The number of unbranched alkanes of at least 4 members (excludes halogenated alkanes) is 3. The highest BCUT2D eigenvalue weighted by Gasteiger charge is 2.20. The molecule has 29 nitrogen and oxygen atoms in total. The van der Waals surface area contributed by atoms with Gasteiger partial charge in [0, 0.05) is 101 Å². The van der Waals surface area contributed by atoms with E-state index in [1.165, 1.54) is 6.20 Å². The lowest BCUT2D eigenvalue weighted by molar-refractivity contribution is -0.138. The van der Waals surface area contributed by atoms with Gasteiger partial charge in [-0.15, -0.1) is 0 Å². The Morgan fingerprint density at radius 2 is 0.955 bits per heavy atom. The van der Waals surface area contributed by atoms with Crippen molar-refractivity contribution in [2.75, 3.05) is 184 Å². The average molecular weight is 1270 g/mol. The fourth-order valence-corrected chi connectivity index (χ4v) is 7.55. The van der Waals surface area contributed by atoms with E-state index in [0.29, 0.717) is 228 Å². The number of hydrogen-bond donors (Lipinski definition) is 5. The molecule has 1 heterocycles. The lowest BCUT2D eigenvalue weighted by atomic mass is 10.0. The maximum Gasteiger partial charge on any atom is 0.305 e. The smallest absolute Gasteiger partial charge is 0.305 e. The van der Waals surface area contributed by atoms with Crippen LogP contribution in [0, 0.1) is 0 Å². The molecule has 0 spiro atoms. The molecule has 0 bridgehead atoms. The van der Waals surface area contributed by atoms with Gasteiger partial charge in [-0.25, -0.2) is 4.98 Å². The Morgan fingerprint density at radius 1 is 0.483 bits per heavy atom. The number of anilines is 1. The zero-order chi connectivity index (χ0) is 64.7. The number of carboxylic acids is 1. The Hall–Kier alpha value is -5.66. The molecule has 1 rings (SSSR count). The Kier molecular flexibility index (Phi) is 56.0. The van der Waals surface area contributed by atoms with Crippen LogP contribution in [-0.2, 0) is 85.6 Å². The Balaban J connectivity index is 2.28. The van der Waals surface area contributed by atoms with Gasteiger partial charge in [-0.05, 0) is 89.3 Å². The minimum atomic E-state index is -0.902. The summed E-state index contributed by atoms with van der Waals surface area (Å²) in [5.74, 6) is -1.17. The number of pyridine rings is 1. The van der Waals surface area contributed by atoms with Crippen LogP contribution in [0.2, 0.25) is 0 Å². The summed E-state index contributed by atoms with van der Waals surface area (Å²) in [6.07, 6.45) is 8.41. The number of Topliss-reactive ketones (excluding diaryl/α,β-unsaturated/α-hetero) is 3. The van der Waals surface area contributed by atoms with Gasteiger partial charge in [-0.3, -0.25) is 39.0 Å². The highest BCUT2D eigenvalue weighted by atomic mass is 16.6. The second kappa shape index (κ2) is 61.2. The third-order valence-electron chi connectivity index (χ3n) is 12.3. The van der Waals surface area contributed by atoms with Crippen LogP contribution in [0.4, 0.5) is 5.82 Å². The van der Waals surface area contributed by atoms with E-state index in [1.807, 2.05) is 13.8 Å². The molecule has 1 aromatic heterocycles. The van der Waals surface area contributed by atoms with E-state index < -0.39 is 12.0 Å². The fraction of sp³-hybridized carbons (Fsp3) is 0.783. The molecule has 0 radical (unpaired) electrons. The van der Waals surface area contributed by atoms with Crippen LogP contribution in [0.15, 0.2) is 28.5 Å². The zero-order valence-electron chi connectivity index (χ0n) is 52.9. The molecular formula is C60H103N9O20. The molecule has 0 saturated heterocycles. The molecule has 1 aromatic rings. The topological polar surface area (TPSA) is 373 Å². The van der Waals surface area contributed by atoms with E-state index in [4.69, 9.17) is 67.5 Å². The number of azide groups is 1. The van der Waals surface area contributed by atoms with Crippen LogP contribution < -0.4 is 21.4 Å². The SMILES string of the molecule is CC(C)=NNc1ccc(C(=O)NCCOCCOCCCC(=O)CCC(=O)NCCCCC(NC(=O)CCOCCOCCOCCOCCOCCOCCOCCC(=O)O)C(=O)CCCCOCCOCCOCCCCC(=O)CCCN=[N+]=[N-])cn1. The van der Waals surface area contributed by atoms with E-state index in [0.717, 1.165) is 18.6 Å². The fourth-order valence-electron chi connectivity index (χ4n) is 7.55. The summed E-state index contributed by atoms with van der Waals surface area (Å²) in [7, 11) is 0. The molecule has 5 N–H and O–H groups in total. The summed E-state index contributed by atoms with van der Waals surface area (Å²) in [6, 6.07) is 2.61. The van der Waals surface area contributed by atoms with E-state index in [-0.39, 0.29) is 93.4 Å². The van der Waals surface area contributed by atoms with Crippen LogP contribution in [0.25, 0.3) is 10.4 Å². The van der Waals surface area contributed by atoms with Gasteiger partial charge in [0.25, 0.3) is 5.91 Å². The largest absolute Gasteiger partial charge is 0.481 e. The molecule has 1 atom stereocenters. The number of nitrogens with one attached hydrogen (secondary N) is 4. The van der Waals surface area contributed by atoms with Crippen molar-refractivity contribution in [3.8, 4) is 0 Å². The number of nitrogens with zero attached hydrogens (tertiary/aromatic N) is 5. The third kappa shape index (κ3) is 56.1. The van der Waals surface area contributed by atoms with Crippen molar-refractivity contribution in [2.24, 2.45) is 10.2 Å². The van der Waals surface area contributed by atoms with Crippen molar-refractivity contribution >= 4 is 52.6 Å². The molecule has 1 unspecified atom stereocenters. The molecule has 508 valence electrons. The summed E-state index contributed by atoms with van der Waals surface area (Å²) >= 11 is 0. The molecule has 0 aliphatic rings. The maximum atomic E-state index is 13.4. The van der Waals surface area contributed by atoms with E-state index in [1.54, 1.807) is 12.1 Å². The lowest BCUT2D eigenvalue weighted by Gasteiger charge is -2.18. The van der Waals surface area contributed by atoms with Gasteiger partial charge in [0.1, 0.15) is 17.4 Å². The lowest BCUT2D eigenvalue weighted by Crippen LogP contribution is -2.41. The van der Waals surface area contributed by atoms with Crippen molar-refractivity contribution < 1.29 is 95.5 Å². The maximum absolute atomic E-state index is 13.4. The number of aromatic nitrogens is 1. The summed E-state index contributed by atoms with van der Waals surface area (Å²) < 4.78 is 66.0. The molecule has 0 aliphatic carbocycles. The van der Waals surface area contributed by atoms with Crippen LogP contribution in [-0.4, -0.2) is 241 Å². The standard InChI is InChI=1S/C60H103N9O20/c1-50(2)67-68-56-18-16-51(49-64-56)60(77)63-24-30-83-36-31-80-27-10-13-53(71)17-19-57(73)62-22-6-3-14-54(55(72)15-5-8-26-79-33-38-84-37-32-78-25-7-4-11-52(70)12-9-23-65-69-61)66-58(74)20-28-81-34-39-85-41-43-87-45-47-89-48-46-88-44-42-86-40-35-82-29-21-59(75)76/h16,18,49,54H,3-15,17,19-48H2,1-2H3,(H,62,73)(H,63,77)(H,64,68)(H,66,74)(H,75,76). The molecular weight excluding hydrogens is 1170 g/mol. The molecule has 0 aromatic carbocycles. The second-order valence-electron chi connectivity index (χ2n) is 20.2. The first-order valence-electron chi connectivity index (χ1n) is 31.2. The number of carbonyl (C=O) groups excluding carboxylic acids is 6. The Morgan fingerprint density at radius 3 is 1.47 bits per heavy atom. The van der Waals surface area contributed by atoms with Gasteiger partial charge >= 0.3 is 5.97 Å². The summed E-state index contributed by atoms with van der Waals surface area (Å²) in [6.45, 7) is 13.4. The number of ketones is 3. The number of aliphatic carboxylic acids is 1. The van der Waals surface area contributed by atoms with Gasteiger partial charge in [0.2, 0.25) is 11.8 Å². The first-order chi connectivity index (χ1) is 43.4. The van der Waals surface area contributed by atoms with Crippen LogP contribution in [0.5, 0.6) is 0 Å². The number of carboxylic acid groups (broad SMARTS) is 1. The van der Waals surface area contributed by atoms with Crippen LogP contribution in [0.1, 0.15) is 133 Å². The van der Waals surface area contributed by atoms with Gasteiger partial charge in [-0.2, -0.15) is 5.10 Å². The quantitative estimate of drug-likeness (QED) is 0.0140. The zero-order valence-corrected chi connectivity index (χ0v) is 52.9. The minimum absolute atomic E-state index is 0.0364. The van der Waals surface area contributed by atoms with Crippen molar-refractivity contribution in [1.29, 1.82) is 0 Å². The molecule has 29 heteroatoms. The summed E-state index contributed by atoms with van der Waals surface area (Å²) in [5.41, 5.74) is 12.4. The Labute approximate surface area is 524 Å². The number of ether oxygens (including phenoxy) is 12. The number of carbonyl (C=O) groups is 7. The highest BCUT2D eigenvalue weighted by Crippen LogP contribution is 2.10. The van der Waals surface area contributed by atoms with Gasteiger partial charge in [0.15, 0.2) is 5.78 Å². The highest BCUT2D eigenvalue weighted by molar-refractivity contribution is 5.94. The van der Waals surface area contributed by atoms with Gasteiger partial charge in [0.05, 0.1) is 157 Å². The number of hydrazone groups is 1. The molecule has 3 amide bonds. The summed E-state index contributed by atoms with van der Waals surface area (Å²) in [5, 5.41) is 24.6. The molecule has 0 saturated carbocycles. The second-order valence-corrected chi connectivity index (χ2v) is 20.2. The van der Waals surface area contributed by atoms with Crippen LogP contribution in [0.3, 0.4) is 0 Å². The van der Waals surface area contributed by atoms with Crippen LogP contribution >= 0.6 is 0 Å². The average Bonchev–Trinajstić information content (AvgIpc) is 3.70. The molecule has 89 heavy (non-hydrogen) atoms. The van der Waals surface area contributed by atoms with Gasteiger partial charge < -0.3 is 77.9 Å². The van der Waals surface area contributed by atoms with E-state index in [9.17, 15) is 33.6 Å². The molecule has 0 aliphatic heterocycles. The first kappa shape index (κ1) is 81.4. The van der Waals surface area contributed by atoms with Crippen molar-refractivity contribution in [1.82, 2.24) is 20.9 Å². The first-order valence-corrected chi connectivity index (χ1v) is 31.2.